The SMILES string of the molecule is CCN(CC)CCOc1ccc(CN=C(N)NCCC(C)C)cc1OC.I. The summed E-state index contributed by atoms with van der Waals surface area (Å²) in [5.74, 6) is 2.61. The van der Waals surface area contributed by atoms with Gasteiger partial charge in [0.25, 0.3) is 0 Å². The highest BCUT2D eigenvalue weighted by atomic mass is 127. The average Bonchev–Trinajstić information content (AvgIpc) is 2.63. The molecule has 0 aliphatic carbocycles. The molecular formula is C20H37IN4O2. The predicted octanol–water partition coefficient (Wildman–Crippen LogP) is 3.48. The molecule has 156 valence electrons. The van der Waals surface area contributed by atoms with Crippen LogP contribution in [0.25, 0.3) is 0 Å². The molecule has 0 heterocycles. The van der Waals surface area contributed by atoms with E-state index in [2.05, 4.69) is 42.9 Å². The Hall–Kier alpha value is -1.22. The van der Waals surface area contributed by atoms with Gasteiger partial charge in [0.2, 0.25) is 0 Å². The van der Waals surface area contributed by atoms with Gasteiger partial charge in [-0.2, -0.15) is 0 Å². The van der Waals surface area contributed by atoms with Gasteiger partial charge in [-0.05, 0) is 43.1 Å². The predicted molar refractivity (Wildman–Crippen MR) is 124 cm³/mol. The summed E-state index contributed by atoms with van der Waals surface area (Å²) in [6.45, 7) is 13.6. The number of hydrogen-bond donors (Lipinski definition) is 2. The molecule has 0 saturated heterocycles. The van der Waals surface area contributed by atoms with E-state index in [1.807, 2.05) is 18.2 Å². The topological polar surface area (TPSA) is 72.1 Å². The van der Waals surface area contributed by atoms with E-state index in [1.54, 1.807) is 7.11 Å². The van der Waals surface area contributed by atoms with Crippen molar-refractivity contribution in [3.05, 3.63) is 23.8 Å². The van der Waals surface area contributed by atoms with Gasteiger partial charge >= 0.3 is 0 Å². The van der Waals surface area contributed by atoms with E-state index in [9.17, 15) is 0 Å². The fourth-order valence-corrected chi connectivity index (χ4v) is 2.48. The lowest BCUT2D eigenvalue weighted by atomic mass is 10.1. The van der Waals surface area contributed by atoms with Gasteiger partial charge in [-0.1, -0.05) is 33.8 Å². The van der Waals surface area contributed by atoms with Crippen molar-refractivity contribution in [1.82, 2.24) is 10.2 Å². The maximum absolute atomic E-state index is 5.91. The molecule has 0 fully saturated rings. The molecule has 27 heavy (non-hydrogen) atoms. The van der Waals surface area contributed by atoms with Crippen LogP contribution in [0.5, 0.6) is 11.5 Å². The third-order valence-corrected chi connectivity index (χ3v) is 4.25. The zero-order chi connectivity index (χ0) is 19.4. The Morgan fingerprint density at radius 3 is 2.52 bits per heavy atom. The number of methoxy groups -OCH3 is 1. The van der Waals surface area contributed by atoms with E-state index in [0.29, 0.717) is 25.0 Å². The monoisotopic (exact) mass is 492 g/mol. The second-order valence-electron chi connectivity index (χ2n) is 6.67. The minimum absolute atomic E-state index is 0. The van der Waals surface area contributed by atoms with Gasteiger partial charge in [-0.25, -0.2) is 4.99 Å². The number of rotatable bonds is 12. The molecule has 0 unspecified atom stereocenters. The lowest BCUT2D eigenvalue weighted by Gasteiger charge is -2.18. The van der Waals surface area contributed by atoms with Gasteiger partial charge in [-0.15, -0.1) is 24.0 Å². The quantitative estimate of drug-likeness (QED) is 0.266. The number of ether oxygens (including phenoxy) is 2. The Labute approximate surface area is 181 Å². The summed E-state index contributed by atoms with van der Waals surface area (Å²) in [7, 11) is 1.65. The van der Waals surface area contributed by atoms with Crippen LogP contribution in [0.15, 0.2) is 23.2 Å². The summed E-state index contributed by atoms with van der Waals surface area (Å²) in [6, 6.07) is 5.89. The van der Waals surface area contributed by atoms with E-state index in [1.165, 1.54) is 0 Å². The maximum atomic E-state index is 5.91. The van der Waals surface area contributed by atoms with Gasteiger partial charge in [0.05, 0.1) is 13.7 Å². The first-order valence-electron chi connectivity index (χ1n) is 9.55. The van der Waals surface area contributed by atoms with Crippen molar-refractivity contribution in [3.63, 3.8) is 0 Å². The van der Waals surface area contributed by atoms with Crippen molar-refractivity contribution in [2.24, 2.45) is 16.6 Å². The molecule has 0 bridgehead atoms. The second kappa shape index (κ2) is 14.8. The van der Waals surface area contributed by atoms with Crippen LogP contribution in [-0.2, 0) is 6.54 Å². The van der Waals surface area contributed by atoms with E-state index < -0.39 is 0 Å². The van der Waals surface area contributed by atoms with Gasteiger partial charge in [0, 0.05) is 13.1 Å². The number of guanidine groups is 1. The molecule has 7 heteroatoms. The summed E-state index contributed by atoms with van der Waals surface area (Å²) < 4.78 is 11.3. The van der Waals surface area contributed by atoms with Gasteiger partial charge in [-0.3, -0.25) is 0 Å². The van der Waals surface area contributed by atoms with E-state index >= 15 is 0 Å². The number of aliphatic imine (C=N–C) groups is 1. The highest BCUT2D eigenvalue weighted by Gasteiger charge is 2.07. The Balaban J connectivity index is 0.00000676. The minimum atomic E-state index is 0. The molecular weight excluding hydrogens is 455 g/mol. The van der Waals surface area contributed by atoms with Crippen molar-refractivity contribution in [2.45, 2.75) is 40.7 Å². The molecule has 0 amide bonds. The first-order chi connectivity index (χ1) is 12.5. The zero-order valence-electron chi connectivity index (χ0n) is 17.5. The Morgan fingerprint density at radius 2 is 1.93 bits per heavy atom. The van der Waals surface area contributed by atoms with Crippen molar-refractivity contribution < 1.29 is 9.47 Å². The van der Waals surface area contributed by atoms with Gasteiger partial charge in [0.15, 0.2) is 17.5 Å². The first kappa shape index (κ1) is 25.8. The van der Waals surface area contributed by atoms with E-state index in [4.69, 9.17) is 15.2 Å². The average molecular weight is 492 g/mol. The summed E-state index contributed by atoms with van der Waals surface area (Å²) in [5, 5.41) is 3.14. The molecule has 0 saturated carbocycles. The van der Waals surface area contributed by atoms with Crippen LogP contribution in [0.2, 0.25) is 0 Å². The van der Waals surface area contributed by atoms with E-state index in [-0.39, 0.29) is 24.0 Å². The summed E-state index contributed by atoms with van der Waals surface area (Å²) >= 11 is 0. The van der Waals surface area contributed by atoms with Crippen LogP contribution < -0.4 is 20.5 Å². The number of halogens is 1. The smallest absolute Gasteiger partial charge is 0.188 e. The van der Waals surface area contributed by atoms with E-state index in [0.717, 1.165) is 49.7 Å². The molecule has 1 rings (SSSR count). The van der Waals surface area contributed by atoms with Crippen LogP contribution in [0.3, 0.4) is 0 Å². The molecule has 6 nitrogen and oxygen atoms in total. The zero-order valence-corrected chi connectivity index (χ0v) is 19.8. The van der Waals surface area contributed by atoms with Crippen molar-refractivity contribution in [3.8, 4) is 11.5 Å². The third-order valence-electron chi connectivity index (χ3n) is 4.25. The normalized spacial score (nSPS) is 11.4. The van der Waals surface area contributed by atoms with Crippen LogP contribution in [0.4, 0.5) is 0 Å². The fourth-order valence-electron chi connectivity index (χ4n) is 2.48. The molecule has 1 aromatic rings. The fraction of sp³-hybridized carbons (Fsp3) is 0.650. The molecule has 0 aromatic heterocycles. The third kappa shape index (κ3) is 10.6. The summed E-state index contributed by atoms with van der Waals surface area (Å²) in [6.07, 6.45) is 1.07. The molecule has 0 atom stereocenters. The Morgan fingerprint density at radius 1 is 1.22 bits per heavy atom. The standard InChI is InChI=1S/C20H36N4O2.HI/c1-6-24(7-2)12-13-26-18-9-8-17(14-19(18)25-5)15-23-20(21)22-11-10-16(3)4;/h8-9,14,16H,6-7,10-13,15H2,1-5H3,(H3,21,22,23);1H. The molecule has 0 radical (unpaired) electrons. The van der Waals surface area contributed by atoms with Gasteiger partial charge in [0.1, 0.15) is 6.61 Å². The molecule has 3 N–H and O–H groups in total. The van der Waals surface area contributed by atoms with Crippen molar-refractivity contribution >= 4 is 29.9 Å². The minimum Gasteiger partial charge on any atom is -0.493 e. The lowest BCUT2D eigenvalue weighted by molar-refractivity contribution is 0.217. The van der Waals surface area contributed by atoms with Crippen LogP contribution >= 0.6 is 24.0 Å². The Kier molecular flexibility index (Phi) is 14.1. The molecule has 0 aliphatic heterocycles. The first-order valence-corrected chi connectivity index (χ1v) is 9.55. The molecule has 0 aliphatic rings. The van der Waals surface area contributed by atoms with Crippen LogP contribution in [0.1, 0.15) is 39.7 Å². The second-order valence-corrected chi connectivity index (χ2v) is 6.67. The highest BCUT2D eigenvalue weighted by Crippen LogP contribution is 2.28. The number of nitrogens with zero attached hydrogens (tertiary/aromatic N) is 2. The number of nitrogens with two attached hydrogens (primary N) is 1. The summed E-state index contributed by atoms with van der Waals surface area (Å²) in [5.41, 5.74) is 6.94. The van der Waals surface area contributed by atoms with Gasteiger partial charge < -0.3 is 25.4 Å². The number of hydrogen-bond acceptors (Lipinski definition) is 4. The van der Waals surface area contributed by atoms with Crippen LogP contribution in [-0.4, -0.2) is 50.8 Å². The van der Waals surface area contributed by atoms with Crippen molar-refractivity contribution in [1.29, 1.82) is 0 Å². The summed E-state index contributed by atoms with van der Waals surface area (Å²) in [4.78, 5) is 6.71. The maximum Gasteiger partial charge on any atom is 0.188 e. The number of benzene rings is 1. The van der Waals surface area contributed by atoms with Crippen LogP contribution in [0, 0.1) is 5.92 Å². The number of likely N-dealkylation sites (N-methyl/N-ethyl adjacent to an activating group) is 1. The largest absolute Gasteiger partial charge is 0.493 e. The highest BCUT2D eigenvalue weighted by molar-refractivity contribution is 14.0. The number of nitrogens with one attached hydrogen (secondary N) is 1. The van der Waals surface area contributed by atoms with Crippen molar-refractivity contribution in [2.75, 3.05) is 39.9 Å². The molecule has 0 spiro atoms. The lowest BCUT2D eigenvalue weighted by Crippen LogP contribution is -2.32. The Bertz CT molecular complexity index is 549. The molecule has 1 aromatic carbocycles.